The van der Waals surface area contributed by atoms with Gasteiger partial charge in [0.2, 0.25) is 5.24 Å². The second-order valence-electron chi connectivity index (χ2n) is 5.32. The minimum absolute atomic E-state index is 0.186. The molecule has 2 atom stereocenters. The smallest absolute Gasteiger partial charge is 0.235 e. The lowest BCUT2D eigenvalue weighted by atomic mass is 9.88. The molecule has 0 aromatic carbocycles. The zero-order chi connectivity index (χ0) is 9.76. The highest BCUT2D eigenvalue weighted by atomic mass is 35.5. The van der Waals surface area contributed by atoms with Crippen molar-refractivity contribution in [2.75, 3.05) is 6.54 Å². The summed E-state index contributed by atoms with van der Waals surface area (Å²) in [5, 5.41) is -0.186. The van der Waals surface area contributed by atoms with Crippen molar-refractivity contribution in [3.63, 3.8) is 0 Å². The Bertz CT molecular complexity index is 258. The summed E-state index contributed by atoms with van der Waals surface area (Å²) in [6.07, 6.45) is 8.10. The first-order valence-corrected chi connectivity index (χ1v) is 6.00. The Hall–Kier alpha value is -0.0800. The summed E-state index contributed by atoms with van der Waals surface area (Å²) in [5.74, 6) is 0. The monoisotopic (exact) mass is 213 g/mol. The van der Waals surface area contributed by atoms with Crippen molar-refractivity contribution in [2.45, 2.75) is 50.6 Å². The molecule has 0 aromatic heterocycles. The zero-order valence-corrected chi connectivity index (χ0v) is 9.09. The molecule has 1 spiro atoms. The lowest BCUT2D eigenvalue weighted by molar-refractivity contribution is -0.114. The van der Waals surface area contributed by atoms with Crippen molar-refractivity contribution in [2.24, 2.45) is 5.41 Å². The maximum atomic E-state index is 10.9. The van der Waals surface area contributed by atoms with Crippen LogP contribution in [-0.2, 0) is 4.79 Å². The van der Waals surface area contributed by atoms with E-state index in [1.165, 1.54) is 38.5 Å². The van der Waals surface area contributed by atoms with Gasteiger partial charge in [-0.15, -0.1) is 0 Å². The van der Waals surface area contributed by atoms with Crippen LogP contribution in [0.25, 0.3) is 0 Å². The molecular formula is C11H16ClNO. The fraction of sp³-hybridized carbons (Fsp3) is 0.909. The molecule has 1 saturated carbocycles. The molecule has 2 saturated heterocycles. The molecule has 0 amide bonds. The number of nitrogens with zero attached hydrogens (tertiary/aromatic N) is 1. The molecule has 2 aliphatic heterocycles. The van der Waals surface area contributed by atoms with Crippen LogP contribution in [-0.4, -0.2) is 28.8 Å². The van der Waals surface area contributed by atoms with Crippen molar-refractivity contribution < 1.29 is 4.79 Å². The van der Waals surface area contributed by atoms with E-state index in [9.17, 15) is 4.79 Å². The minimum Gasteiger partial charge on any atom is -0.289 e. The normalized spacial score (nSPS) is 38.9. The number of fused-ring (bicyclic) bond motifs is 2. The highest BCUT2D eigenvalue weighted by Gasteiger charge is 2.53. The van der Waals surface area contributed by atoms with Crippen LogP contribution in [0.15, 0.2) is 0 Å². The van der Waals surface area contributed by atoms with Gasteiger partial charge in [-0.3, -0.25) is 9.69 Å². The second kappa shape index (κ2) is 2.96. The summed E-state index contributed by atoms with van der Waals surface area (Å²) in [6, 6.07) is 1.33. The van der Waals surface area contributed by atoms with Crippen LogP contribution in [0.5, 0.6) is 0 Å². The van der Waals surface area contributed by atoms with Crippen molar-refractivity contribution in [3.05, 3.63) is 0 Å². The molecule has 0 unspecified atom stereocenters. The predicted molar refractivity (Wildman–Crippen MR) is 55.3 cm³/mol. The third kappa shape index (κ3) is 1.40. The van der Waals surface area contributed by atoms with E-state index in [1.807, 2.05) is 0 Å². The van der Waals surface area contributed by atoms with Crippen LogP contribution in [0, 0.1) is 5.41 Å². The lowest BCUT2D eigenvalue weighted by Crippen LogP contribution is -2.45. The molecule has 3 fully saturated rings. The number of carbonyl (C=O) groups is 1. The van der Waals surface area contributed by atoms with Gasteiger partial charge >= 0.3 is 0 Å². The number of rotatable bonds is 2. The molecular weight excluding hydrogens is 198 g/mol. The van der Waals surface area contributed by atoms with Crippen LogP contribution >= 0.6 is 11.6 Å². The maximum absolute atomic E-state index is 10.9. The van der Waals surface area contributed by atoms with Gasteiger partial charge in [0.1, 0.15) is 0 Å². The van der Waals surface area contributed by atoms with Gasteiger partial charge in [-0.25, -0.2) is 0 Å². The first-order valence-electron chi connectivity index (χ1n) is 5.63. The molecule has 2 heterocycles. The van der Waals surface area contributed by atoms with Gasteiger partial charge in [-0.05, 0) is 55.5 Å². The summed E-state index contributed by atoms with van der Waals surface area (Å²) in [7, 11) is 0. The first-order chi connectivity index (χ1) is 6.69. The van der Waals surface area contributed by atoms with Crippen LogP contribution < -0.4 is 0 Å². The third-order valence-electron chi connectivity index (χ3n) is 4.37. The van der Waals surface area contributed by atoms with Gasteiger partial charge in [-0.2, -0.15) is 0 Å². The number of piperidine rings is 1. The Balaban J connectivity index is 1.74. The molecule has 3 rings (SSSR count). The van der Waals surface area contributed by atoms with E-state index in [0.717, 1.165) is 0 Å². The molecule has 1 aliphatic carbocycles. The number of hydrogen-bond donors (Lipinski definition) is 0. The Morgan fingerprint density at radius 3 is 2.29 bits per heavy atom. The highest BCUT2D eigenvalue weighted by molar-refractivity contribution is 6.64. The summed E-state index contributed by atoms with van der Waals surface area (Å²) < 4.78 is 0. The van der Waals surface area contributed by atoms with Gasteiger partial charge in [0.25, 0.3) is 0 Å². The molecule has 14 heavy (non-hydrogen) atoms. The zero-order valence-electron chi connectivity index (χ0n) is 8.34. The van der Waals surface area contributed by atoms with Gasteiger partial charge < -0.3 is 0 Å². The fourth-order valence-corrected chi connectivity index (χ4v) is 3.66. The predicted octanol–water partition coefficient (Wildman–Crippen LogP) is 2.16. The minimum atomic E-state index is -0.186. The van der Waals surface area contributed by atoms with Gasteiger partial charge in [-0.1, -0.05) is 0 Å². The number of carbonyl (C=O) groups excluding carboxylic acids is 1. The second-order valence-corrected chi connectivity index (χ2v) is 5.74. The van der Waals surface area contributed by atoms with Crippen molar-refractivity contribution >= 4 is 16.8 Å². The topological polar surface area (TPSA) is 20.3 Å². The van der Waals surface area contributed by atoms with E-state index in [1.54, 1.807) is 0 Å². The van der Waals surface area contributed by atoms with Crippen LogP contribution in [0.4, 0.5) is 0 Å². The van der Waals surface area contributed by atoms with E-state index >= 15 is 0 Å². The van der Waals surface area contributed by atoms with Crippen LogP contribution in [0.3, 0.4) is 0 Å². The van der Waals surface area contributed by atoms with Gasteiger partial charge in [0.05, 0.1) is 6.54 Å². The van der Waals surface area contributed by atoms with Crippen LogP contribution in [0.2, 0.25) is 0 Å². The summed E-state index contributed by atoms with van der Waals surface area (Å²) in [6.45, 7) is 0.479. The lowest BCUT2D eigenvalue weighted by Gasteiger charge is -2.38. The number of halogens is 1. The van der Waals surface area contributed by atoms with Crippen molar-refractivity contribution in [1.29, 1.82) is 0 Å². The Labute approximate surface area is 89.6 Å². The molecule has 3 aliphatic rings. The van der Waals surface area contributed by atoms with Crippen molar-refractivity contribution in [1.82, 2.24) is 4.90 Å². The standard InChI is InChI=1S/C11H16ClNO/c12-10(14)7-13-8-1-2-9(13)6-11(5-8)3-4-11/h8-9H,1-7H2/t8-,9-/m0/s1. The Morgan fingerprint density at radius 1 is 1.29 bits per heavy atom. The Morgan fingerprint density at radius 2 is 1.86 bits per heavy atom. The molecule has 0 N–H and O–H groups in total. The van der Waals surface area contributed by atoms with E-state index in [2.05, 4.69) is 4.90 Å². The summed E-state index contributed by atoms with van der Waals surface area (Å²) in [4.78, 5) is 13.3. The molecule has 2 nitrogen and oxygen atoms in total. The molecule has 2 bridgehead atoms. The molecule has 0 aromatic rings. The largest absolute Gasteiger partial charge is 0.289 e. The molecule has 78 valence electrons. The molecule has 0 radical (unpaired) electrons. The van der Waals surface area contributed by atoms with Gasteiger partial charge in [0, 0.05) is 12.1 Å². The van der Waals surface area contributed by atoms with Crippen LogP contribution in [0.1, 0.15) is 38.5 Å². The fourth-order valence-electron chi connectivity index (χ4n) is 3.52. The molecule has 3 heteroatoms. The third-order valence-corrected chi connectivity index (χ3v) is 4.49. The average molecular weight is 214 g/mol. The maximum Gasteiger partial charge on any atom is 0.235 e. The van der Waals surface area contributed by atoms with E-state index in [-0.39, 0.29) is 5.24 Å². The van der Waals surface area contributed by atoms with Gasteiger partial charge in [0.15, 0.2) is 0 Å². The van der Waals surface area contributed by atoms with E-state index in [4.69, 9.17) is 11.6 Å². The average Bonchev–Trinajstić information content (AvgIpc) is 2.82. The number of hydrogen-bond acceptors (Lipinski definition) is 2. The summed E-state index contributed by atoms with van der Waals surface area (Å²) in [5.41, 5.74) is 0.706. The quantitative estimate of drug-likeness (QED) is 0.656. The summed E-state index contributed by atoms with van der Waals surface area (Å²) >= 11 is 5.48. The van der Waals surface area contributed by atoms with E-state index < -0.39 is 0 Å². The Kier molecular flexibility index (Phi) is 1.94. The SMILES string of the molecule is O=C(Cl)CN1[C@H]2CC[C@H]1CC1(CC1)C2. The highest BCUT2D eigenvalue weighted by Crippen LogP contribution is 2.59. The first kappa shape index (κ1) is 9.17. The van der Waals surface area contributed by atoms with Crippen molar-refractivity contribution in [3.8, 4) is 0 Å². The van der Waals surface area contributed by atoms with E-state index in [0.29, 0.717) is 24.0 Å².